The van der Waals surface area contributed by atoms with E-state index in [1.54, 1.807) is 73.2 Å². The molecular weight excluding hydrogens is 1790 g/mol. The summed E-state index contributed by atoms with van der Waals surface area (Å²) in [4.78, 5) is 141. The minimum Gasteiger partial charge on any atom is -0.481 e. The molecule has 12 saturated carbocycles. The van der Waals surface area contributed by atoms with Crippen LogP contribution < -0.4 is 37.2 Å². The molecule has 694 valence electrons. The number of halogens is 9. The molecule has 3 saturated heterocycles. The van der Waals surface area contributed by atoms with Crippen molar-refractivity contribution in [2.45, 2.75) is 301 Å². The lowest BCUT2D eigenvalue weighted by Crippen LogP contribution is -2.68. The van der Waals surface area contributed by atoms with Crippen LogP contribution in [-0.4, -0.2) is 159 Å². The van der Waals surface area contributed by atoms with Crippen LogP contribution in [0.15, 0.2) is 91.4 Å². The highest BCUT2D eigenvalue weighted by atomic mass is 35.5. The fourth-order valence-corrected chi connectivity index (χ4v) is 29.9. The van der Waals surface area contributed by atoms with E-state index in [0.29, 0.717) is 188 Å². The van der Waals surface area contributed by atoms with E-state index in [1.165, 1.54) is 18.2 Å². The molecule has 0 unspecified atom stereocenters. The number of hydrogen-bond donors (Lipinski definition) is 10. The monoisotopic (exact) mass is 1900 g/mol. The van der Waals surface area contributed by atoms with E-state index in [4.69, 9.17) is 69.6 Å². The minimum atomic E-state index is -1.36. The molecule has 9 heterocycles. The summed E-state index contributed by atoms with van der Waals surface area (Å²) in [6, 6.07) is 16.2. The largest absolute Gasteiger partial charge is 0.481 e. The van der Waals surface area contributed by atoms with E-state index < -0.39 is 137 Å². The fourth-order valence-electron chi connectivity index (χ4n) is 28.9. The number of carboxylic acids is 3. The van der Waals surface area contributed by atoms with Crippen LogP contribution >= 0.6 is 69.6 Å². The van der Waals surface area contributed by atoms with Gasteiger partial charge in [-0.25, -0.2) is 28.1 Å². The number of hydrogen-bond acceptors (Lipinski definition) is 15. The molecule has 10 N–H and O–H groups in total. The second kappa shape index (κ2) is 32.0. The van der Waals surface area contributed by atoms with Crippen LogP contribution in [0.25, 0.3) is 0 Å². The van der Waals surface area contributed by atoms with Gasteiger partial charge in [0.15, 0.2) is 0 Å². The maximum Gasteiger partial charge on any atom is 0.309 e. The summed E-state index contributed by atoms with van der Waals surface area (Å²) >= 11 is 37.8. The summed E-state index contributed by atoms with van der Waals surface area (Å²) in [6.45, 7) is 8.49. The van der Waals surface area contributed by atoms with Crippen molar-refractivity contribution in [3.63, 3.8) is 0 Å². The molecule has 0 radical (unpaired) electrons. The Morgan fingerprint density at radius 1 is 0.408 bits per heavy atom. The van der Waals surface area contributed by atoms with Crippen LogP contribution in [0.3, 0.4) is 0 Å². The molecule has 6 aliphatic heterocycles. The number of aromatic nitrogens is 3. The topological polar surface area (TPSA) is 344 Å². The number of likely N-dealkylation sites (tertiary alicyclic amines) is 2. The predicted octanol–water partition coefficient (Wildman–Crippen LogP) is 18.1. The number of carboxylic acid groups (broad SMARTS) is 3. The van der Waals surface area contributed by atoms with Gasteiger partial charge in [0.2, 0.25) is 35.4 Å². The highest BCUT2D eigenvalue weighted by molar-refractivity contribution is 6.32. The number of nitrogens with zero attached hydrogens (tertiary/aromatic N) is 5. The van der Waals surface area contributed by atoms with Gasteiger partial charge in [-0.15, -0.1) is 0 Å². The second-order valence-electron chi connectivity index (χ2n) is 41.8. The van der Waals surface area contributed by atoms with Crippen LogP contribution in [0.1, 0.15) is 267 Å². The van der Waals surface area contributed by atoms with Crippen molar-refractivity contribution in [2.24, 2.45) is 27.1 Å². The molecule has 3 aromatic carbocycles. The minimum absolute atomic E-state index is 0. The van der Waals surface area contributed by atoms with Gasteiger partial charge < -0.3 is 47.2 Å². The zero-order valence-corrected chi connectivity index (χ0v) is 76.4. The van der Waals surface area contributed by atoms with Crippen molar-refractivity contribution in [1.29, 1.82) is 0 Å². The Balaban J connectivity index is 0.000000136. The number of carbonyl (C=O) groups is 9. The van der Waals surface area contributed by atoms with Gasteiger partial charge in [0.25, 0.3) is 0 Å². The molecule has 9 atom stereocenters. The molecule has 33 heteroatoms. The zero-order valence-electron chi connectivity index (χ0n) is 71.9. The molecule has 6 spiro atoms. The highest BCUT2D eigenvalue weighted by Gasteiger charge is 2.82. The first-order valence-corrected chi connectivity index (χ1v) is 46.9. The van der Waals surface area contributed by atoms with E-state index in [1.807, 2.05) is 23.9 Å². The van der Waals surface area contributed by atoms with Gasteiger partial charge in [0, 0.05) is 103 Å². The maximum absolute atomic E-state index is 16.2. The van der Waals surface area contributed by atoms with E-state index in [0.717, 1.165) is 19.3 Å². The van der Waals surface area contributed by atoms with Crippen molar-refractivity contribution in [2.75, 3.05) is 30.0 Å². The van der Waals surface area contributed by atoms with Crippen LogP contribution in [0.2, 0.25) is 30.5 Å². The van der Waals surface area contributed by atoms with Crippen molar-refractivity contribution >= 4 is 140 Å². The Morgan fingerprint density at radius 2 is 0.708 bits per heavy atom. The number of rotatable bonds is 12. The Kier molecular flexibility index (Phi) is 23.0. The number of benzene rings is 3. The third-order valence-corrected chi connectivity index (χ3v) is 36.2. The Labute approximate surface area is 783 Å². The van der Waals surface area contributed by atoms with Crippen molar-refractivity contribution < 1.29 is 71.6 Å². The summed E-state index contributed by atoms with van der Waals surface area (Å²) in [5.74, 6) is -8.89. The van der Waals surface area contributed by atoms with Gasteiger partial charge in [-0.1, -0.05) is 168 Å². The smallest absolute Gasteiger partial charge is 0.309 e. The third-order valence-electron chi connectivity index (χ3n) is 34.7. The lowest BCUT2D eigenvalue weighted by Gasteiger charge is -2.61. The fraction of sp³-hybridized carbons (Fsp3) is 0.567. The molecule has 24 rings (SSSR count). The average molecular weight is 1910 g/mol. The number of anilines is 3. The quantitative estimate of drug-likeness (QED) is 0.0509. The van der Waals surface area contributed by atoms with Gasteiger partial charge in [0.1, 0.15) is 49.2 Å². The summed E-state index contributed by atoms with van der Waals surface area (Å²) in [6.07, 6.45) is 20.7. The maximum atomic E-state index is 16.2. The molecule has 24 nitrogen and oxygen atoms in total. The summed E-state index contributed by atoms with van der Waals surface area (Å²) in [5.41, 5.74) is -6.63. The molecule has 130 heavy (non-hydrogen) atoms. The summed E-state index contributed by atoms with van der Waals surface area (Å²) in [5, 5.41) is 52.7. The number of nitrogens with one attached hydrogen (secondary N) is 7. The van der Waals surface area contributed by atoms with E-state index in [2.05, 4.69) is 79.9 Å². The van der Waals surface area contributed by atoms with Crippen LogP contribution in [-0.2, 0) is 59.4 Å². The van der Waals surface area contributed by atoms with Gasteiger partial charge >= 0.3 is 17.9 Å². The molecule has 15 fully saturated rings. The predicted molar refractivity (Wildman–Crippen MR) is 488 cm³/mol. The SMILES string of the molecule is C.C.CC1(C)CC2(C1)N[C@@H](C(=O)NC13CCC(C(=O)O)(CC1)CC3)[C@H](c1cccc(Cl)c1F)[C@]21C(=O)Nc2cc(Cl)ncc21.CN1[C@@H](C(=O)NC23CCC(C(=O)O)(CC2)CC3)[C@H](c2cccc(Cl)c2F)[C@]2(C(=O)Nc3cc(Cl)ncc32)C12CC(C)(C)C2.CN1[C@@H](C(=O)NC23CCC(C(=O)O)(CC2)CC3)[C@H](c2cccc(Cl)c2F)[C@]2(C(=O)Nc3cc(Cl)ncc32)C12CCCCC2. The first kappa shape index (κ1) is 93.6. The molecule has 6 aromatic rings. The molecule has 3 aromatic heterocycles. The highest BCUT2D eigenvalue weighted by Crippen LogP contribution is 2.74. The molecule has 12 aliphatic carbocycles. The van der Waals surface area contributed by atoms with Crippen LogP contribution in [0.4, 0.5) is 30.2 Å². The Morgan fingerprint density at radius 3 is 1.04 bits per heavy atom. The van der Waals surface area contributed by atoms with Crippen molar-refractivity contribution in [1.82, 2.24) is 46.0 Å². The zero-order chi connectivity index (χ0) is 91.0. The van der Waals surface area contributed by atoms with Crippen LogP contribution in [0, 0.1) is 44.5 Å². The van der Waals surface area contributed by atoms with Gasteiger partial charge in [-0.3, -0.25) is 58.3 Å². The molecule has 6 bridgehead atoms. The first-order chi connectivity index (χ1) is 60.5. The Hall–Kier alpha value is -8.25. The number of carbonyl (C=O) groups excluding carboxylic acids is 6. The third kappa shape index (κ3) is 13.3. The van der Waals surface area contributed by atoms with Crippen LogP contribution in [0.5, 0.6) is 0 Å². The number of likely N-dealkylation sites (N-methyl/N-ethyl adjacent to an activating group) is 2. The van der Waals surface area contributed by atoms with Crippen molar-refractivity contribution in [3.8, 4) is 0 Å². The van der Waals surface area contributed by atoms with E-state index in [9.17, 15) is 58.5 Å². The summed E-state index contributed by atoms with van der Waals surface area (Å²) in [7, 11) is 3.76. The van der Waals surface area contributed by atoms with Gasteiger partial charge in [0.05, 0.1) is 49.4 Å². The van der Waals surface area contributed by atoms with Crippen molar-refractivity contribution in [3.05, 3.63) is 173 Å². The molecule has 18 aliphatic rings. The molecular formula is C97H111Cl6F3N12O12. The van der Waals surface area contributed by atoms with Gasteiger partial charge in [-0.05, 0) is 232 Å². The number of fused-ring (bicyclic) bond motifs is 18. The van der Waals surface area contributed by atoms with E-state index in [-0.39, 0.29) is 108 Å². The normalized spacial score (nSPS) is 34.3. The second-order valence-corrected chi connectivity index (χ2v) is 44.2. The standard InChI is InChI=1S/2C32H35Cl2FN4O4.C31H33Cl2FN4O4.2CH4/c1-28(2)15-31(16-28)32(18-14-36-21(34)13-20(18)37-26(32)41)22(17-5-4-6-19(33)23(17)35)24(39(31)3)25(40)38-30-10-7-29(8-11-30,9-12-30)27(42)43;1-39-25(26(40)38-30-13-10-29(11-14-30,12-15-30)28(42)43)23(18-6-5-7-20(33)24(18)35)32(31(39)8-3-2-4-9-31)19-17-36-22(34)16-21(19)37-27(32)41;1-27(2)14-30(15-27)31(17-13-35-20(33)12-19(17)36-25(31)40)21(16-4-3-5-18(32)22(16)34)23(37-30)24(39)38-29-9-6-28(7-10-29,8-11-29)26(41)42;;/h4-6,13-14,22,24H,7-12,15-16H2,1-3H3,(H,37,41)(H,38,40)(H,42,43);5-7,16-17,23,25H,2-4,8-15H2,1H3,(H,37,41)(H,38,40)(H,42,43);3-5,12-13,21,23,37H,6-11,14-15H2,1-2H3,(H,36,40)(H,38,39)(H,41,42);2*1H4/t22-,24+,29?,30?,32+;23-,25+,29?,30?,32+;21-,23+,28?,29?,31+;;/m000../s1. The number of aliphatic carboxylic acids is 3. The first-order valence-electron chi connectivity index (χ1n) is 44.6. The number of amides is 6. The number of pyridine rings is 3. The lowest BCUT2D eigenvalue weighted by molar-refractivity contribution is -0.158. The van der Waals surface area contributed by atoms with Gasteiger partial charge in [-0.2, -0.15) is 0 Å². The average Bonchev–Trinajstić information content (AvgIpc) is 1.37. The molecule has 6 amide bonds. The summed E-state index contributed by atoms with van der Waals surface area (Å²) < 4.78 is 48.4. The lowest BCUT2D eigenvalue weighted by atomic mass is 9.46. The Bertz CT molecular complexity index is 5710. The van der Waals surface area contributed by atoms with E-state index >= 15 is 13.2 Å².